The topological polar surface area (TPSA) is 89.0 Å². The van der Waals surface area contributed by atoms with E-state index in [1.165, 1.54) is 29.3 Å². The van der Waals surface area contributed by atoms with Gasteiger partial charge in [0.2, 0.25) is 0 Å². The normalized spacial score (nSPS) is 18.6. The van der Waals surface area contributed by atoms with Crippen LogP contribution in [-0.4, -0.2) is 42.0 Å². The number of amides is 1. The summed E-state index contributed by atoms with van der Waals surface area (Å²) in [5, 5.41) is 8.63. The summed E-state index contributed by atoms with van der Waals surface area (Å²) in [7, 11) is 0. The molecule has 1 fully saturated rings. The van der Waals surface area contributed by atoms with Crippen molar-refractivity contribution in [3.05, 3.63) is 54.6 Å². The molecule has 0 bridgehead atoms. The Bertz CT molecular complexity index is 840. The molecular formula is C22H25FN2O5. The lowest BCUT2D eigenvalue weighted by Crippen LogP contribution is -2.30. The largest absolute Gasteiger partial charge is 0.480 e. The van der Waals surface area contributed by atoms with E-state index in [0.717, 1.165) is 25.7 Å². The minimum absolute atomic E-state index is 0.230. The molecular weight excluding hydrogens is 391 g/mol. The lowest BCUT2D eigenvalue weighted by molar-refractivity contribution is -0.142. The Balaban J connectivity index is 1.55. The second-order valence-electron chi connectivity index (χ2n) is 7.40. The third kappa shape index (κ3) is 6.25. The second kappa shape index (κ2) is 10.7. The minimum atomic E-state index is -0.966. The first-order valence-electron chi connectivity index (χ1n) is 9.95. The Morgan fingerprint density at radius 3 is 2.40 bits per heavy atom. The second-order valence-corrected chi connectivity index (χ2v) is 7.40. The van der Waals surface area contributed by atoms with E-state index >= 15 is 0 Å². The van der Waals surface area contributed by atoms with Crippen LogP contribution < -0.4 is 4.90 Å². The first-order chi connectivity index (χ1) is 14.5. The lowest BCUT2D eigenvalue weighted by Gasteiger charge is -2.29. The zero-order chi connectivity index (χ0) is 21.3. The van der Waals surface area contributed by atoms with Crippen LogP contribution in [0.1, 0.15) is 25.7 Å². The fraction of sp³-hybridized carbons (Fsp3) is 0.409. The number of carbonyl (C=O) groups excluding carboxylic acids is 1. The molecule has 1 aromatic heterocycles. The molecule has 30 heavy (non-hydrogen) atoms. The molecule has 160 valence electrons. The summed E-state index contributed by atoms with van der Waals surface area (Å²) in [6.45, 7) is 0.433. The van der Waals surface area contributed by atoms with Gasteiger partial charge in [-0.2, -0.15) is 0 Å². The SMILES string of the molecule is O=C(O)COCC1CCC(COC(=O)N(c2cccnc2)c2cccc(F)c2)CC1. The van der Waals surface area contributed by atoms with Gasteiger partial charge in [0.05, 0.1) is 30.8 Å². The summed E-state index contributed by atoms with van der Waals surface area (Å²) >= 11 is 0. The molecule has 0 saturated heterocycles. The Morgan fingerprint density at radius 1 is 1.07 bits per heavy atom. The third-order valence-corrected chi connectivity index (χ3v) is 5.14. The highest BCUT2D eigenvalue weighted by Crippen LogP contribution is 2.30. The zero-order valence-electron chi connectivity index (χ0n) is 16.6. The average Bonchev–Trinajstić information content (AvgIpc) is 2.74. The van der Waals surface area contributed by atoms with Crippen molar-refractivity contribution < 1.29 is 28.6 Å². The molecule has 1 amide bonds. The lowest BCUT2D eigenvalue weighted by atomic mass is 9.83. The summed E-state index contributed by atoms with van der Waals surface area (Å²) in [4.78, 5) is 28.7. The van der Waals surface area contributed by atoms with E-state index in [9.17, 15) is 14.0 Å². The molecule has 0 aliphatic heterocycles. The van der Waals surface area contributed by atoms with Crippen molar-refractivity contribution in [2.45, 2.75) is 25.7 Å². The van der Waals surface area contributed by atoms with Gasteiger partial charge in [-0.05, 0) is 67.9 Å². The molecule has 1 heterocycles. The van der Waals surface area contributed by atoms with E-state index in [-0.39, 0.29) is 19.1 Å². The van der Waals surface area contributed by atoms with Crippen molar-refractivity contribution in [3.8, 4) is 0 Å². The van der Waals surface area contributed by atoms with Crippen molar-refractivity contribution in [1.29, 1.82) is 0 Å². The smallest absolute Gasteiger partial charge is 0.419 e. The molecule has 0 atom stereocenters. The number of anilines is 2. The molecule has 8 heteroatoms. The van der Waals surface area contributed by atoms with E-state index in [0.29, 0.717) is 23.9 Å². The number of ether oxygens (including phenoxy) is 2. The fourth-order valence-corrected chi connectivity index (χ4v) is 3.59. The Hall–Kier alpha value is -3.00. The van der Waals surface area contributed by atoms with E-state index in [1.807, 2.05) is 0 Å². The molecule has 0 radical (unpaired) electrons. The van der Waals surface area contributed by atoms with Gasteiger partial charge in [0.25, 0.3) is 0 Å². The maximum atomic E-state index is 13.7. The maximum Gasteiger partial charge on any atom is 0.419 e. The molecule has 0 spiro atoms. The first-order valence-corrected chi connectivity index (χ1v) is 9.95. The number of aromatic nitrogens is 1. The molecule has 1 aliphatic rings. The predicted molar refractivity (Wildman–Crippen MR) is 108 cm³/mol. The van der Waals surface area contributed by atoms with Crippen molar-refractivity contribution in [2.75, 3.05) is 24.7 Å². The maximum absolute atomic E-state index is 13.7. The van der Waals surface area contributed by atoms with Gasteiger partial charge in [0.15, 0.2) is 0 Å². The van der Waals surface area contributed by atoms with Crippen molar-refractivity contribution in [3.63, 3.8) is 0 Å². The molecule has 3 rings (SSSR count). The summed E-state index contributed by atoms with van der Waals surface area (Å²) in [6.07, 6.45) is 6.09. The number of carboxylic acids is 1. The summed E-state index contributed by atoms with van der Waals surface area (Å²) < 4.78 is 24.5. The molecule has 1 saturated carbocycles. The molecule has 2 aromatic rings. The highest BCUT2D eigenvalue weighted by Gasteiger charge is 2.25. The predicted octanol–water partition coefficient (Wildman–Crippen LogP) is 4.40. The van der Waals surface area contributed by atoms with Crippen molar-refractivity contribution >= 4 is 23.4 Å². The number of hydrogen-bond acceptors (Lipinski definition) is 5. The first kappa shape index (κ1) is 21.7. The molecule has 7 nitrogen and oxygen atoms in total. The summed E-state index contributed by atoms with van der Waals surface area (Å²) in [5.74, 6) is -0.854. The number of pyridine rings is 1. The molecule has 1 N–H and O–H groups in total. The van der Waals surface area contributed by atoms with Gasteiger partial charge < -0.3 is 14.6 Å². The van der Waals surface area contributed by atoms with Crippen LogP contribution in [0, 0.1) is 17.7 Å². The Morgan fingerprint density at radius 2 is 1.77 bits per heavy atom. The summed E-state index contributed by atoms with van der Waals surface area (Å²) in [5.41, 5.74) is 0.861. The van der Waals surface area contributed by atoms with Crippen LogP contribution in [0.3, 0.4) is 0 Å². The van der Waals surface area contributed by atoms with Gasteiger partial charge in [0, 0.05) is 6.20 Å². The minimum Gasteiger partial charge on any atom is -0.480 e. The van der Waals surface area contributed by atoms with E-state index in [2.05, 4.69) is 4.98 Å². The Labute approximate surface area is 174 Å². The number of nitrogens with zero attached hydrogens (tertiary/aromatic N) is 2. The van der Waals surface area contributed by atoms with Crippen molar-refractivity contribution in [2.24, 2.45) is 11.8 Å². The fourth-order valence-electron chi connectivity index (χ4n) is 3.59. The van der Waals surface area contributed by atoms with Crippen LogP contribution in [0.2, 0.25) is 0 Å². The van der Waals surface area contributed by atoms with E-state index in [4.69, 9.17) is 14.6 Å². The Kier molecular flexibility index (Phi) is 7.73. The quantitative estimate of drug-likeness (QED) is 0.686. The van der Waals surface area contributed by atoms with Crippen LogP contribution in [0.25, 0.3) is 0 Å². The van der Waals surface area contributed by atoms with Crippen LogP contribution in [0.4, 0.5) is 20.6 Å². The summed E-state index contributed by atoms with van der Waals surface area (Å²) in [6, 6.07) is 9.17. The van der Waals surface area contributed by atoms with E-state index in [1.54, 1.807) is 24.4 Å². The average molecular weight is 416 g/mol. The van der Waals surface area contributed by atoms with Crippen LogP contribution in [-0.2, 0) is 14.3 Å². The van der Waals surface area contributed by atoms with Gasteiger partial charge in [-0.25, -0.2) is 18.9 Å². The van der Waals surface area contributed by atoms with Crippen molar-refractivity contribution in [1.82, 2.24) is 4.98 Å². The highest BCUT2D eigenvalue weighted by atomic mass is 19.1. The molecule has 1 aromatic carbocycles. The number of halogens is 1. The monoisotopic (exact) mass is 416 g/mol. The number of carbonyl (C=O) groups is 2. The van der Waals surface area contributed by atoms with Gasteiger partial charge >= 0.3 is 12.1 Å². The van der Waals surface area contributed by atoms with Crippen LogP contribution in [0.5, 0.6) is 0 Å². The standard InChI is InChI=1S/C22H25FN2O5/c23-18-3-1-4-19(11-18)25(20-5-2-10-24-12-20)22(28)30-14-17-8-6-16(7-9-17)13-29-15-21(26)27/h1-5,10-12,16-17H,6-9,13-15H2,(H,26,27). The zero-order valence-corrected chi connectivity index (χ0v) is 16.6. The number of rotatable bonds is 8. The van der Waals surface area contributed by atoms with Gasteiger partial charge in [-0.15, -0.1) is 0 Å². The number of aliphatic carboxylic acids is 1. The van der Waals surface area contributed by atoms with E-state index < -0.39 is 17.9 Å². The molecule has 1 aliphatic carbocycles. The van der Waals surface area contributed by atoms with Crippen LogP contribution >= 0.6 is 0 Å². The van der Waals surface area contributed by atoms with Gasteiger partial charge in [-0.3, -0.25) is 4.98 Å². The van der Waals surface area contributed by atoms with Gasteiger partial charge in [-0.1, -0.05) is 6.07 Å². The highest BCUT2D eigenvalue weighted by molar-refractivity contribution is 5.95. The van der Waals surface area contributed by atoms with Gasteiger partial charge in [0.1, 0.15) is 12.4 Å². The number of hydrogen-bond donors (Lipinski definition) is 1. The number of carboxylic acid groups (broad SMARTS) is 1. The third-order valence-electron chi connectivity index (χ3n) is 5.14. The number of benzene rings is 1. The molecule has 0 unspecified atom stereocenters. The van der Waals surface area contributed by atoms with Crippen LogP contribution in [0.15, 0.2) is 48.8 Å².